The van der Waals surface area contributed by atoms with E-state index in [1.54, 1.807) is 18.2 Å². The Bertz CT molecular complexity index is 450. The minimum absolute atomic E-state index is 0.0254. The molecule has 4 nitrogen and oxygen atoms in total. The second-order valence-electron chi connectivity index (χ2n) is 4.66. The van der Waals surface area contributed by atoms with Gasteiger partial charge in [0.25, 0.3) is 5.91 Å². The first kappa shape index (κ1) is 13.2. The highest BCUT2D eigenvalue weighted by Crippen LogP contribution is 2.24. The highest BCUT2D eigenvalue weighted by Gasteiger charge is 2.21. The molecular weight excluding hydrogens is 250 g/mol. The van der Waals surface area contributed by atoms with Crippen LogP contribution in [0.3, 0.4) is 0 Å². The van der Waals surface area contributed by atoms with Crippen molar-refractivity contribution in [1.29, 1.82) is 0 Å². The second-order valence-corrected chi connectivity index (χ2v) is 5.04. The van der Waals surface area contributed by atoms with Crippen LogP contribution in [0.2, 0.25) is 5.02 Å². The number of benzene rings is 1. The van der Waals surface area contributed by atoms with Gasteiger partial charge in [-0.2, -0.15) is 0 Å². The summed E-state index contributed by atoms with van der Waals surface area (Å²) in [5.74, 6) is -0.0254. The molecule has 0 saturated carbocycles. The van der Waals surface area contributed by atoms with Crippen LogP contribution in [-0.4, -0.2) is 48.9 Å². The number of halogens is 1. The number of carbonyl (C=O) groups is 1. The number of carbonyl (C=O) groups excluding carboxylic acids is 1. The van der Waals surface area contributed by atoms with Crippen molar-refractivity contribution in [2.45, 2.75) is 6.42 Å². The number of hydrogen-bond donors (Lipinski definition) is 1. The Labute approximate surface area is 112 Å². The number of likely N-dealkylation sites (N-methyl/N-ethyl adjacent to an activating group) is 1. The van der Waals surface area contributed by atoms with Crippen molar-refractivity contribution in [3.63, 3.8) is 0 Å². The van der Waals surface area contributed by atoms with E-state index < -0.39 is 0 Å². The van der Waals surface area contributed by atoms with Gasteiger partial charge in [-0.1, -0.05) is 17.7 Å². The first-order valence-corrected chi connectivity index (χ1v) is 6.49. The Kier molecular flexibility index (Phi) is 4.09. The molecule has 0 atom stereocenters. The van der Waals surface area contributed by atoms with Crippen LogP contribution >= 0.6 is 11.6 Å². The lowest BCUT2D eigenvalue weighted by Crippen LogP contribution is -2.34. The van der Waals surface area contributed by atoms with Gasteiger partial charge in [0.2, 0.25) is 0 Å². The van der Waals surface area contributed by atoms with E-state index >= 15 is 0 Å². The van der Waals surface area contributed by atoms with Gasteiger partial charge in [0.05, 0.1) is 16.3 Å². The standard InChI is InChI=1S/C13H18ClN3O/c1-16-6-3-7-17(9-8-16)13(18)10-4-2-5-11(15)12(10)14/h2,4-5H,3,6-9,15H2,1H3. The lowest BCUT2D eigenvalue weighted by atomic mass is 10.1. The van der Waals surface area contributed by atoms with Gasteiger partial charge in [-0.05, 0) is 32.1 Å². The van der Waals surface area contributed by atoms with Crippen molar-refractivity contribution in [1.82, 2.24) is 9.80 Å². The minimum atomic E-state index is -0.0254. The summed E-state index contributed by atoms with van der Waals surface area (Å²) in [5, 5.41) is 0.361. The van der Waals surface area contributed by atoms with E-state index in [0.29, 0.717) is 16.3 Å². The fourth-order valence-electron chi connectivity index (χ4n) is 2.13. The number of nitrogens with zero attached hydrogens (tertiary/aromatic N) is 2. The van der Waals surface area contributed by atoms with Gasteiger partial charge in [0.1, 0.15) is 0 Å². The number of amides is 1. The zero-order chi connectivity index (χ0) is 13.1. The molecule has 0 aliphatic carbocycles. The van der Waals surface area contributed by atoms with Gasteiger partial charge in [0.15, 0.2) is 0 Å². The summed E-state index contributed by atoms with van der Waals surface area (Å²) < 4.78 is 0. The summed E-state index contributed by atoms with van der Waals surface area (Å²) in [5.41, 5.74) is 6.68. The normalized spacial score (nSPS) is 17.6. The maximum atomic E-state index is 12.4. The average Bonchev–Trinajstić information content (AvgIpc) is 2.57. The molecule has 1 aromatic carbocycles. The molecular formula is C13H18ClN3O. The maximum absolute atomic E-state index is 12.4. The van der Waals surface area contributed by atoms with Crippen molar-refractivity contribution >= 4 is 23.2 Å². The van der Waals surface area contributed by atoms with Crippen LogP contribution in [0.4, 0.5) is 5.69 Å². The Morgan fingerprint density at radius 2 is 2.06 bits per heavy atom. The first-order chi connectivity index (χ1) is 8.59. The zero-order valence-electron chi connectivity index (χ0n) is 10.5. The van der Waals surface area contributed by atoms with E-state index in [0.717, 1.165) is 32.6 Å². The summed E-state index contributed by atoms with van der Waals surface area (Å²) in [6.45, 7) is 3.43. The monoisotopic (exact) mass is 267 g/mol. The van der Waals surface area contributed by atoms with Crippen molar-refractivity contribution in [2.24, 2.45) is 0 Å². The average molecular weight is 268 g/mol. The summed E-state index contributed by atoms with van der Waals surface area (Å²) >= 11 is 6.09. The predicted octanol–water partition coefficient (Wildman–Crippen LogP) is 1.70. The summed E-state index contributed by atoms with van der Waals surface area (Å²) in [4.78, 5) is 16.5. The second kappa shape index (κ2) is 5.59. The molecule has 0 aromatic heterocycles. The number of hydrogen-bond acceptors (Lipinski definition) is 3. The third kappa shape index (κ3) is 2.76. The van der Waals surface area contributed by atoms with E-state index in [-0.39, 0.29) is 5.91 Å². The van der Waals surface area contributed by atoms with Crippen LogP contribution in [0.25, 0.3) is 0 Å². The quantitative estimate of drug-likeness (QED) is 0.788. The summed E-state index contributed by atoms with van der Waals surface area (Å²) in [6, 6.07) is 5.20. The molecule has 0 radical (unpaired) electrons. The molecule has 98 valence electrons. The van der Waals surface area contributed by atoms with E-state index in [4.69, 9.17) is 17.3 Å². The van der Waals surface area contributed by atoms with E-state index in [2.05, 4.69) is 11.9 Å². The van der Waals surface area contributed by atoms with Crippen LogP contribution in [0.1, 0.15) is 16.8 Å². The number of nitrogen functional groups attached to an aromatic ring is 1. The van der Waals surface area contributed by atoms with Crippen LogP contribution in [0.5, 0.6) is 0 Å². The molecule has 1 amide bonds. The summed E-state index contributed by atoms with van der Waals surface area (Å²) in [6.07, 6.45) is 0.988. The highest BCUT2D eigenvalue weighted by molar-refractivity contribution is 6.36. The van der Waals surface area contributed by atoms with Crippen molar-refractivity contribution in [3.8, 4) is 0 Å². The van der Waals surface area contributed by atoms with Crippen LogP contribution < -0.4 is 5.73 Å². The van der Waals surface area contributed by atoms with Crippen LogP contribution in [0, 0.1) is 0 Å². The number of rotatable bonds is 1. The predicted molar refractivity (Wildman–Crippen MR) is 73.9 cm³/mol. The molecule has 0 bridgehead atoms. The van der Waals surface area contributed by atoms with E-state index in [9.17, 15) is 4.79 Å². The Morgan fingerprint density at radius 3 is 2.83 bits per heavy atom. The Balaban J connectivity index is 2.18. The van der Waals surface area contributed by atoms with E-state index in [1.165, 1.54) is 0 Å². The molecule has 1 fully saturated rings. The molecule has 1 aromatic rings. The molecule has 2 N–H and O–H groups in total. The Morgan fingerprint density at radius 1 is 1.28 bits per heavy atom. The van der Waals surface area contributed by atoms with Gasteiger partial charge in [-0.15, -0.1) is 0 Å². The van der Waals surface area contributed by atoms with Crippen LogP contribution in [0.15, 0.2) is 18.2 Å². The zero-order valence-corrected chi connectivity index (χ0v) is 11.3. The Hall–Kier alpha value is -1.26. The number of nitrogens with two attached hydrogens (primary N) is 1. The molecule has 0 unspecified atom stereocenters. The molecule has 2 rings (SSSR count). The van der Waals surface area contributed by atoms with Gasteiger partial charge in [-0.25, -0.2) is 0 Å². The molecule has 18 heavy (non-hydrogen) atoms. The van der Waals surface area contributed by atoms with E-state index in [1.807, 2.05) is 4.90 Å². The highest BCUT2D eigenvalue weighted by atomic mass is 35.5. The van der Waals surface area contributed by atoms with Crippen molar-refractivity contribution in [3.05, 3.63) is 28.8 Å². The maximum Gasteiger partial charge on any atom is 0.255 e. The van der Waals surface area contributed by atoms with Crippen molar-refractivity contribution < 1.29 is 4.79 Å². The van der Waals surface area contributed by atoms with Gasteiger partial charge in [0, 0.05) is 19.6 Å². The molecule has 1 aliphatic heterocycles. The molecule has 1 heterocycles. The van der Waals surface area contributed by atoms with Crippen LogP contribution in [-0.2, 0) is 0 Å². The summed E-state index contributed by atoms with van der Waals surface area (Å²) in [7, 11) is 2.07. The first-order valence-electron chi connectivity index (χ1n) is 6.11. The van der Waals surface area contributed by atoms with Gasteiger partial charge in [-0.3, -0.25) is 4.79 Å². The number of anilines is 1. The molecule has 1 saturated heterocycles. The molecule has 0 spiro atoms. The smallest absolute Gasteiger partial charge is 0.255 e. The third-order valence-corrected chi connectivity index (χ3v) is 3.69. The minimum Gasteiger partial charge on any atom is -0.398 e. The molecule has 5 heteroatoms. The lowest BCUT2D eigenvalue weighted by Gasteiger charge is -2.21. The fourth-order valence-corrected chi connectivity index (χ4v) is 2.34. The fraction of sp³-hybridized carbons (Fsp3) is 0.462. The topological polar surface area (TPSA) is 49.6 Å². The third-order valence-electron chi connectivity index (χ3n) is 3.27. The lowest BCUT2D eigenvalue weighted by molar-refractivity contribution is 0.0763. The van der Waals surface area contributed by atoms with Crippen molar-refractivity contribution in [2.75, 3.05) is 39.0 Å². The molecule has 1 aliphatic rings. The largest absolute Gasteiger partial charge is 0.398 e. The SMILES string of the molecule is CN1CCCN(C(=O)c2cccc(N)c2Cl)CC1. The van der Waals surface area contributed by atoms with Gasteiger partial charge >= 0.3 is 0 Å². The van der Waals surface area contributed by atoms with Gasteiger partial charge < -0.3 is 15.5 Å².